The minimum absolute atomic E-state index is 0.159. The highest BCUT2D eigenvalue weighted by Crippen LogP contribution is 2.35. The molecule has 3 rings (SSSR count). The molecule has 1 fully saturated rings. The molecule has 0 radical (unpaired) electrons. The fourth-order valence-corrected chi connectivity index (χ4v) is 4.21. The molecule has 156 valence electrons. The molecular weight excluding hydrogens is 362 g/mol. The minimum atomic E-state index is -0.159. The van der Waals surface area contributed by atoms with Gasteiger partial charge < -0.3 is 14.8 Å². The lowest BCUT2D eigenvalue weighted by Crippen LogP contribution is -2.29. The van der Waals surface area contributed by atoms with E-state index >= 15 is 0 Å². The summed E-state index contributed by atoms with van der Waals surface area (Å²) in [6.45, 7) is 7.19. The summed E-state index contributed by atoms with van der Waals surface area (Å²) >= 11 is 0. The first-order valence-corrected chi connectivity index (χ1v) is 10.8. The van der Waals surface area contributed by atoms with Crippen LogP contribution in [-0.4, -0.2) is 25.2 Å². The fraction of sp³-hybridized carbons (Fsp3) is 0.480. The summed E-state index contributed by atoms with van der Waals surface area (Å²) in [5.41, 5.74) is 3.65. The number of carbonyl (C=O) groups excluding carboxylic acids is 1. The molecule has 1 N–H and O–H groups in total. The number of ether oxygens (including phenoxy) is 2. The average Bonchev–Trinajstić information content (AvgIpc) is 3.17. The molecule has 2 aromatic carbocycles. The number of hydrogen-bond acceptors (Lipinski definition) is 4. The Bertz CT molecular complexity index is 787. The van der Waals surface area contributed by atoms with Gasteiger partial charge in [0, 0.05) is 12.1 Å². The Morgan fingerprint density at radius 2 is 1.90 bits per heavy atom. The standard InChI is InChI=1S/C25H33NO3/c1-4-28-24-8-6-7-21(17-24)18(3)26-23-14-13-22(16-23)20-11-9-19(10-12-20)15-25(27)29-5-2/h6-12,17-18,22-23,26H,4-5,13-16H2,1-3H3/t18-,22-,23+/m1/s1. The molecule has 0 spiro atoms. The molecule has 0 amide bonds. The second-order valence-corrected chi connectivity index (χ2v) is 7.82. The summed E-state index contributed by atoms with van der Waals surface area (Å²) in [4.78, 5) is 11.6. The maximum Gasteiger partial charge on any atom is 0.310 e. The van der Waals surface area contributed by atoms with Crippen molar-refractivity contribution in [2.75, 3.05) is 13.2 Å². The maximum absolute atomic E-state index is 11.6. The second kappa shape index (κ2) is 10.4. The molecule has 0 bridgehead atoms. The van der Waals surface area contributed by atoms with E-state index in [1.807, 2.05) is 19.9 Å². The topological polar surface area (TPSA) is 47.6 Å². The van der Waals surface area contributed by atoms with Crippen LogP contribution < -0.4 is 10.1 Å². The van der Waals surface area contributed by atoms with Crippen molar-refractivity contribution in [1.29, 1.82) is 0 Å². The van der Waals surface area contributed by atoms with Crippen LogP contribution in [0.15, 0.2) is 48.5 Å². The van der Waals surface area contributed by atoms with Gasteiger partial charge in [-0.15, -0.1) is 0 Å². The molecule has 1 saturated carbocycles. The van der Waals surface area contributed by atoms with Crippen LogP contribution in [0.3, 0.4) is 0 Å². The zero-order chi connectivity index (χ0) is 20.6. The zero-order valence-electron chi connectivity index (χ0n) is 17.8. The van der Waals surface area contributed by atoms with Crippen LogP contribution in [0.5, 0.6) is 5.75 Å². The summed E-state index contributed by atoms with van der Waals surface area (Å²) in [6.07, 6.45) is 3.87. The summed E-state index contributed by atoms with van der Waals surface area (Å²) < 4.78 is 10.7. The molecule has 4 heteroatoms. The van der Waals surface area contributed by atoms with E-state index in [2.05, 4.69) is 54.7 Å². The Morgan fingerprint density at radius 3 is 2.62 bits per heavy atom. The van der Waals surface area contributed by atoms with Crippen molar-refractivity contribution < 1.29 is 14.3 Å². The van der Waals surface area contributed by atoms with Crippen LogP contribution in [0.1, 0.15) is 68.7 Å². The number of esters is 1. The lowest BCUT2D eigenvalue weighted by Gasteiger charge is -2.21. The van der Waals surface area contributed by atoms with E-state index in [9.17, 15) is 4.79 Å². The Kier molecular flexibility index (Phi) is 7.70. The Hall–Kier alpha value is -2.33. The minimum Gasteiger partial charge on any atom is -0.494 e. The third-order valence-electron chi connectivity index (χ3n) is 5.69. The summed E-state index contributed by atoms with van der Waals surface area (Å²) in [5, 5.41) is 3.80. The molecule has 29 heavy (non-hydrogen) atoms. The molecule has 0 aliphatic heterocycles. The number of rotatable bonds is 9. The van der Waals surface area contributed by atoms with E-state index in [0.717, 1.165) is 17.7 Å². The van der Waals surface area contributed by atoms with Gasteiger partial charge in [0.25, 0.3) is 0 Å². The Morgan fingerprint density at radius 1 is 1.10 bits per heavy atom. The van der Waals surface area contributed by atoms with Gasteiger partial charge in [-0.2, -0.15) is 0 Å². The van der Waals surface area contributed by atoms with E-state index in [4.69, 9.17) is 9.47 Å². The average molecular weight is 396 g/mol. The molecule has 3 atom stereocenters. The van der Waals surface area contributed by atoms with Crippen molar-refractivity contribution >= 4 is 5.97 Å². The fourth-order valence-electron chi connectivity index (χ4n) is 4.21. The zero-order valence-corrected chi connectivity index (χ0v) is 17.8. The summed E-state index contributed by atoms with van der Waals surface area (Å²) in [6, 6.07) is 17.7. The molecule has 0 aromatic heterocycles. The van der Waals surface area contributed by atoms with Gasteiger partial charge >= 0.3 is 5.97 Å². The molecule has 0 unspecified atom stereocenters. The molecule has 1 aliphatic carbocycles. The maximum atomic E-state index is 11.6. The third-order valence-corrected chi connectivity index (χ3v) is 5.69. The first-order valence-electron chi connectivity index (χ1n) is 10.8. The van der Waals surface area contributed by atoms with Gasteiger partial charge in [0.2, 0.25) is 0 Å². The van der Waals surface area contributed by atoms with Crippen LogP contribution >= 0.6 is 0 Å². The monoisotopic (exact) mass is 395 g/mol. The molecule has 2 aromatic rings. The van der Waals surface area contributed by atoms with Crippen molar-refractivity contribution in [3.05, 3.63) is 65.2 Å². The van der Waals surface area contributed by atoms with E-state index < -0.39 is 0 Å². The highest BCUT2D eigenvalue weighted by atomic mass is 16.5. The first kappa shape index (κ1) is 21.4. The predicted molar refractivity (Wildman–Crippen MR) is 116 cm³/mol. The van der Waals surface area contributed by atoms with Crippen molar-refractivity contribution in [3.8, 4) is 5.75 Å². The van der Waals surface area contributed by atoms with Crippen LogP contribution in [-0.2, 0) is 16.0 Å². The Labute approximate surface area is 174 Å². The van der Waals surface area contributed by atoms with Gasteiger partial charge in [-0.05, 0) is 74.8 Å². The van der Waals surface area contributed by atoms with Crippen molar-refractivity contribution in [1.82, 2.24) is 5.32 Å². The molecule has 1 aliphatic rings. The van der Waals surface area contributed by atoms with Gasteiger partial charge in [-0.25, -0.2) is 0 Å². The largest absolute Gasteiger partial charge is 0.494 e. The van der Waals surface area contributed by atoms with E-state index in [0.29, 0.717) is 37.6 Å². The predicted octanol–water partition coefficient (Wildman–Crippen LogP) is 5.18. The smallest absolute Gasteiger partial charge is 0.310 e. The number of hydrogen-bond donors (Lipinski definition) is 1. The van der Waals surface area contributed by atoms with Gasteiger partial charge in [0.05, 0.1) is 19.6 Å². The van der Waals surface area contributed by atoms with E-state index in [1.165, 1.54) is 24.0 Å². The summed E-state index contributed by atoms with van der Waals surface area (Å²) in [5.74, 6) is 1.35. The second-order valence-electron chi connectivity index (χ2n) is 7.82. The van der Waals surface area contributed by atoms with Crippen LogP contribution in [0, 0.1) is 0 Å². The molecule has 0 saturated heterocycles. The van der Waals surface area contributed by atoms with E-state index in [1.54, 1.807) is 0 Å². The lowest BCUT2D eigenvalue weighted by atomic mass is 9.96. The number of nitrogens with one attached hydrogen (secondary N) is 1. The highest BCUT2D eigenvalue weighted by Gasteiger charge is 2.27. The molecular formula is C25H33NO3. The molecule has 0 heterocycles. The normalized spacial score (nSPS) is 19.7. The van der Waals surface area contributed by atoms with Crippen molar-refractivity contribution in [3.63, 3.8) is 0 Å². The summed E-state index contributed by atoms with van der Waals surface area (Å²) in [7, 11) is 0. The van der Waals surface area contributed by atoms with Gasteiger partial charge in [0.15, 0.2) is 0 Å². The van der Waals surface area contributed by atoms with Gasteiger partial charge in [-0.1, -0.05) is 36.4 Å². The van der Waals surface area contributed by atoms with Crippen LogP contribution in [0.4, 0.5) is 0 Å². The van der Waals surface area contributed by atoms with Crippen LogP contribution in [0.2, 0.25) is 0 Å². The first-order chi connectivity index (χ1) is 14.1. The molecule has 4 nitrogen and oxygen atoms in total. The number of benzene rings is 2. The van der Waals surface area contributed by atoms with Crippen molar-refractivity contribution in [2.45, 2.75) is 64.5 Å². The lowest BCUT2D eigenvalue weighted by molar-refractivity contribution is -0.142. The van der Waals surface area contributed by atoms with Gasteiger partial charge in [-0.3, -0.25) is 4.79 Å². The third kappa shape index (κ3) is 6.07. The quantitative estimate of drug-likeness (QED) is 0.595. The van der Waals surface area contributed by atoms with E-state index in [-0.39, 0.29) is 5.97 Å². The van der Waals surface area contributed by atoms with Gasteiger partial charge in [0.1, 0.15) is 5.75 Å². The van der Waals surface area contributed by atoms with Crippen molar-refractivity contribution in [2.24, 2.45) is 0 Å². The Balaban J connectivity index is 1.53. The van der Waals surface area contributed by atoms with Crippen LogP contribution in [0.25, 0.3) is 0 Å². The number of carbonyl (C=O) groups is 1. The SMILES string of the molecule is CCOC(=O)Cc1ccc([C@@H]2CC[C@H](N[C@H](C)c3cccc(OCC)c3)C2)cc1. The highest BCUT2D eigenvalue weighted by molar-refractivity contribution is 5.72.